The van der Waals surface area contributed by atoms with E-state index in [0.29, 0.717) is 5.56 Å². The molecule has 2 aromatic carbocycles. The zero-order chi connectivity index (χ0) is 12.8. The number of nitriles is 1. The van der Waals surface area contributed by atoms with E-state index < -0.39 is 0 Å². The molecule has 90 valence electrons. The Hall–Kier alpha value is -2.47. The van der Waals surface area contributed by atoms with Crippen molar-refractivity contribution in [1.82, 2.24) is 0 Å². The number of nitrogens with zero attached hydrogens (tertiary/aromatic N) is 1. The average Bonchev–Trinajstić information content (AvgIpc) is 2.46. The van der Waals surface area contributed by atoms with E-state index in [1.165, 1.54) is 0 Å². The highest BCUT2D eigenvalue weighted by atomic mass is 16.5. The van der Waals surface area contributed by atoms with Crippen molar-refractivity contribution in [3.63, 3.8) is 0 Å². The second kappa shape index (κ2) is 5.74. The third kappa shape index (κ3) is 3.02. The highest BCUT2D eigenvalue weighted by Crippen LogP contribution is 2.17. The van der Waals surface area contributed by atoms with Crippen molar-refractivity contribution in [3.8, 4) is 11.8 Å². The molecule has 0 amide bonds. The second-order valence-corrected chi connectivity index (χ2v) is 3.89. The van der Waals surface area contributed by atoms with E-state index in [-0.39, 0.29) is 0 Å². The summed E-state index contributed by atoms with van der Waals surface area (Å²) < 4.78 is 5.16. The molecule has 0 heterocycles. The number of benzene rings is 2. The minimum Gasteiger partial charge on any atom is -0.497 e. The second-order valence-electron chi connectivity index (χ2n) is 3.89. The van der Waals surface area contributed by atoms with Gasteiger partial charge in [0.2, 0.25) is 0 Å². The molecule has 0 fully saturated rings. The van der Waals surface area contributed by atoms with Crippen molar-refractivity contribution in [1.29, 1.82) is 5.26 Å². The number of methoxy groups -OCH3 is 1. The first kappa shape index (κ1) is 12.0. The van der Waals surface area contributed by atoms with Crippen LogP contribution >= 0.6 is 0 Å². The first-order valence-corrected chi connectivity index (χ1v) is 5.69. The van der Waals surface area contributed by atoms with Gasteiger partial charge in [-0.3, -0.25) is 0 Å². The lowest BCUT2D eigenvalue weighted by Gasteiger charge is -2.08. The van der Waals surface area contributed by atoms with Gasteiger partial charge in [-0.1, -0.05) is 18.2 Å². The highest BCUT2D eigenvalue weighted by Gasteiger charge is 1.97. The Morgan fingerprint density at radius 1 is 1.17 bits per heavy atom. The predicted molar refractivity (Wildman–Crippen MR) is 71.5 cm³/mol. The molecule has 0 unspecified atom stereocenters. The Bertz CT molecular complexity index is 555. The number of hydrogen-bond donors (Lipinski definition) is 1. The molecule has 0 atom stereocenters. The van der Waals surface area contributed by atoms with Crippen LogP contribution in [0.5, 0.6) is 5.75 Å². The van der Waals surface area contributed by atoms with E-state index in [1.807, 2.05) is 48.5 Å². The third-order valence-electron chi connectivity index (χ3n) is 2.65. The fourth-order valence-electron chi connectivity index (χ4n) is 1.63. The summed E-state index contributed by atoms with van der Waals surface area (Å²) in [5.41, 5.74) is 2.83. The summed E-state index contributed by atoms with van der Waals surface area (Å²) in [6.07, 6.45) is 0. The largest absolute Gasteiger partial charge is 0.497 e. The van der Waals surface area contributed by atoms with E-state index in [9.17, 15) is 0 Å². The van der Waals surface area contributed by atoms with E-state index >= 15 is 0 Å². The molecule has 3 heteroatoms. The van der Waals surface area contributed by atoms with Gasteiger partial charge in [0, 0.05) is 18.3 Å². The standard InChI is InChI=1S/C15H14N2O/c1-18-15-4-2-3-14(9-15)17-11-13-7-5-12(10-16)6-8-13/h2-9,17H,11H2,1H3. The van der Waals surface area contributed by atoms with Gasteiger partial charge < -0.3 is 10.1 Å². The number of rotatable bonds is 4. The van der Waals surface area contributed by atoms with E-state index in [1.54, 1.807) is 7.11 Å². The maximum Gasteiger partial charge on any atom is 0.120 e. The Morgan fingerprint density at radius 2 is 1.94 bits per heavy atom. The maximum atomic E-state index is 8.71. The van der Waals surface area contributed by atoms with Crippen LogP contribution < -0.4 is 10.1 Å². The summed E-state index contributed by atoms with van der Waals surface area (Å²) in [4.78, 5) is 0. The monoisotopic (exact) mass is 238 g/mol. The van der Waals surface area contributed by atoms with Gasteiger partial charge in [0.1, 0.15) is 5.75 Å². The van der Waals surface area contributed by atoms with Gasteiger partial charge >= 0.3 is 0 Å². The summed E-state index contributed by atoms with van der Waals surface area (Å²) >= 11 is 0. The number of hydrogen-bond acceptors (Lipinski definition) is 3. The molecule has 0 aliphatic heterocycles. The molecular formula is C15H14N2O. The van der Waals surface area contributed by atoms with Crippen LogP contribution in [0.4, 0.5) is 5.69 Å². The van der Waals surface area contributed by atoms with Gasteiger partial charge in [0.05, 0.1) is 18.7 Å². The molecular weight excluding hydrogens is 224 g/mol. The summed E-state index contributed by atoms with van der Waals surface area (Å²) in [5, 5.41) is 12.0. The quantitative estimate of drug-likeness (QED) is 0.889. The lowest BCUT2D eigenvalue weighted by atomic mass is 10.1. The van der Waals surface area contributed by atoms with Gasteiger partial charge in [0.15, 0.2) is 0 Å². The summed E-state index contributed by atoms with van der Waals surface area (Å²) in [6, 6.07) is 17.4. The fraction of sp³-hybridized carbons (Fsp3) is 0.133. The van der Waals surface area contributed by atoms with Crippen LogP contribution in [0, 0.1) is 11.3 Å². The Labute approximate surface area is 107 Å². The van der Waals surface area contributed by atoms with Crippen molar-refractivity contribution in [2.45, 2.75) is 6.54 Å². The lowest BCUT2D eigenvalue weighted by Crippen LogP contribution is -1.99. The molecule has 0 bridgehead atoms. The number of nitrogens with one attached hydrogen (secondary N) is 1. The van der Waals surface area contributed by atoms with Crippen molar-refractivity contribution in [2.24, 2.45) is 0 Å². The molecule has 2 aromatic rings. The van der Waals surface area contributed by atoms with Crippen LogP contribution in [0.2, 0.25) is 0 Å². The molecule has 0 aliphatic carbocycles. The predicted octanol–water partition coefficient (Wildman–Crippen LogP) is 3.18. The smallest absolute Gasteiger partial charge is 0.120 e. The normalized spacial score (nSPS) is 9.56. The Kier molecular flexibility index (Phi) is 3.83. The van der Waals surface area contributed by atoms with Crippen LogP contribution in [0.15, 0.2) is 48.5 Å². The zero-order valence-electron chi connectivity index (χ0n) is 10.2. The Balaban J connectivity index is 2.00. The van der Waals surface area contributed by atoms with Gasteiger partial charge in [-0.2, -0.15) is 5.26 Å². The molecule has 0 saturated carbocycles. The molecule has 0 aromatic heterocycles. The molecule has 3 nitrogen and oxygen atoms in total. The van der Waals surface area contributed by atoms with Crippen LogP contribution in [-0.2, 0) is 6.54 Å². The van der Waals surface area contributed by atoms with Gasteiger partial charge in [-0.05, 0) is 29.8 Å². The first-order valence-electron chi connectivity index (χ1n) is 5.69. The van der Waals surface area contributed by atoms with Crippen LogP contribution in [0.1, 0.15) is 11.1 Å². The highest BCUT2D eigenvalue weighted by molar-refractivity contribution is 5.48. The summed E-state index contributed by atoms with van der Waals surface area (Å²) in [5.74, 6) is 0.833. The molecule has 2 rings (SSSR count). The topological polar surface area (TPSA) is 45.0 Å². The van der Waals surface area contributed by atoms with E-state index in [2.05, 4.69) is 11.4 Å². The summed E-state index contributed by atoms with van der Waals surface area (Å²) in [7, 11) is 1.65. The molecule has 0 radical (unpaired) electrons. The molecule has 1 N–H and O–H groups in total. The minimum atomic E-state index is 0.681. The lowest BCUT2D eigenvalue weighted by molar-refractivity contribution is 0.415. The van der Waals surface area contributed by atoms with E-state index in [4.69, 9.17) is 10.00 Å². The minimum absolute atomic E-state index is 0.681. The summed E-state index contributed by atoms with van der Waals surface area (Å²) in [6.45, 7) is 0.721. The van der Waals surface area contributed by atoms with Gasteiger partial charge in [-0.15, -0.1) is 0 Å². The van der Waals surface area contributed by atoms with E-state index in [0.717, 1.165) is 23.5 Å². The third-order valence-corrected chi connectivity index (χ3v) is 2.65. The first-order chi connectivity index (χ1) is 8.81. The number of anilines is 1. The van der Waals surface area contributed by atoms with Crippen molar-refractivity contribution in [3.05, 3.63) is 59.7 Å². The molecule has 0 spiro atoms. The molecule has 0 aliphatic rings. The van der Waals surface area contributed by atoms with Crippen molar-refractivity contribution >= 4 is 5.69 Å². The van der Waals surface area contributed by atoms with Crippen molar-refractivity contribution < 1.29 is 4.74 Å². The number of ether oxygens (including phenoxy) is 1. The van der Waals surface area contributed by atoms with Crippen LogP contribution in [-0.4, -0.2) is 7.11 Å². The Morgan fingerprint density at radius 3 is 2.61 bits per heavy atom. The maximum absolute atomic E-state index is 8.71. The van der Waals surface area contributed by atoms with Crippen LogP contribution in [0.25, 0.3) is 0 Å². The average molecular weight is 238 g/mol. The molecule has 0 saturated heterocycles. The fourth-order valence-corrected chi connectivity index (χ4v) is 1.63. The van der Waals surface area contributed by atoms with Gasteiger partial charge in [0.25, 0.3) is 0 Å². The van der Waals surface area contributed by atoms with Crippen LogP contribution in [0.3, 0.4) is 0 Å². The zero-order valence-corrected chi connectivity index (χ0v) is 10.2. The SMILES string of the molecule is COc1cccc(NCc2ccc(C#N)cc2)c1. The van der Waals surface area contributed by atoms with Crippen molar-refractivity contribution in [2.75, 3.05) is 12.4 Å². The molecule has 18 heavy (non-hydrogen) atoms. The van der Waals surface area contributed by atoms with Gasteiger partial charge in [-0.25, -0.2) is 0 Å².